The second-order valence-corrected chi connectivity index (χ2v) is 7.13. The molecule has 0 spiro atoms. The van der Waals surface area contributed by atoms with E-state index in [9.17, 15) is 4.79 Å². The number of likely N-dealkylation sites (N-methyl/N-ethyl adjacent to an activating group) is 1. The number of rotatable bonds is 7. The molecule has 0 radical (unpaired) electrons. The first-order valence-electron chi connectivity index (χ1n) is 9.50. The van der Waals surface area contributed by atoms with Gasteiger partial charge in [0.05, 0.1) is 21.3 Å². The Bertz CT molecular complexity index is 791. The molecule has 1 unspecified atom stereocenters. The van der Waals surface area contributed by atoms with Crippen molar-refractivity contribution in [1.29, 1.82) is 0 Å². The SMILES string of the molecule is COc1ccc(CNC(=O)C[NH+](C)[C@H]2CCCc3ccccc32)cc1OC. The van der Waals surface area contributed by atoms with Gasteiger partial charge in [0.25, 0.3) is 5.91 Å². The molecule has 0 aromatic heterocycles. The zero-order chi connectivity index (χ0) is 19.2. The zero-order valence-corrected chi connectivity index (χ0v) is 16.4. The summed E-state index contributed by atoms with van der Waals surface area (Å²) in [5, 5.41) is 3.03. The molecule has 3 rings (SSSR count). The van der Waals surface area contributed by atoms with Gasteiger partial charge in [-0.15, -0.1) is 0 Å². The van der Waals surface area contributed by atoms with Crippen molar-refractivity contribution in [3.63, 3.8) is 0 Å². The molecule has 1 aliphatic rings. The Morgan fingerprint density at radius 1 is 1.15 bits per heavy atom. The topological polar surface area (TPSA) is 52.0 Å². The highest BCUT2D eigenvalue weighted by molar-refractivity contribution is 5.76. The van der Waals surface area contributed by atoms with Crippen molar-refractivity contribution < 1.29 is 19.2 Å². The minimum absolute atomic E-state index is 0.0605. The number of fused-ring (bicyclic) bond motifs is 1. The predicted octanol–water partition coefficient (Wildman–Crippen LogP) is 1.91. The maximum atomic E-state index is 12.5. The number of methoxy groups -OCH3 is 2. The molecule has 144 valence electrons. The average molecular weight is 369 g/mol. The second kappa shape index (κ2) is 8.91. The van der Waals surface area contributed by atoms with Gasteiger partial charge in [-0.1, -0.05) is 30.3 Å². The van der Waals surface area contributed by atoms with Crippen LogP contribution in [-0.4, -0.2) is 33.7 Å². The van der Waals surface area contributed by atoms with Gasteiger partial charge in [0.15, 0.2) is 18.0 Å². The van der Waals surface area contributed by atoms with Crippen molar-refractivity contribution in [2.45, 2.75) is 31.8 Å². The van der Waals surface area contributed by atoms with Crippen LogP contribution in [0.15, 0.2) is 42.5 Å². The molecule has 27 heavy (non-hydrogen) atoms. The van der Waals surface area contributed by atoms with Crippen molar-refractivity contribution in [3.05, 3.63) is 59.2 Å². The monoisotopic (exact) mass is 369 g/mol. The van der Waals surface area contributed by atoms with Crippen LogP contribution in [0.1, 0.15) is 35.6 Å². The van der Waals surface area contributed by atoms with Gasteiger partial charge in [-0.25, -0.2) is 0 Å². The molecule has 2 aromatic carbocycles. The third kappa shape index (κ3) is 4.61. The quantitative estimate of drug-likeness (QED) is 0.784. The Balaban J connectivity index is 1.57. The first-order chi connectivity index (χ1) is 13.1. The molecular formula is C22H29N2O3+. The molecule has 0 saturated heterocycles. The van der Waals surface area contributed by atoms with E-state index in [4.69, 9.17) is 9.47 Å². The summed E-state index contributed by atoms with van der Waals surface area (Å²) >= 11 is 0. The number of carbonyl (C=O) groups is 1. The fourth-order valence-corrected chi connectivity index (χ4v) is 3.90. The number of nitrogens with one attached hydrogen (secondary N) is 2. The van der Waals surface area contributed by atoms with Crippen molar-refractivity contribution in [1.82, 2.24) is 5.32 Å². The Labute approximate surface area is 161 Å². The van der Waals surface area contributed by atoms with Crippen molar-refractivity contribution >= 4 is 5.91 Å². The minimum atomic E-state index is 0.0605. The number of quaternary nitrogens is 1. The Morgan fingerprint density at radius 3 is 2.70 bits per heavy atom. The molecular weight excluding hydrogens is 340 g/mol. The molecule has 2 atom stereocenters. The van der Waals surface area contributed by atoms with Gasteiger partial charge in [-0.05, 0) is 36.1 Å². The fraction of sp³-hybridized carbons (Fsp3) is 0.409. The summed E-state index contributed by atoms with van der Waals surface area (Å²) in [4.78, 5) is 13.7. The van der Waals surface area contributed by atoms with E-state index in [2.05, 4.69) is 36.6 Å². The highest BCUT2D eigenvalue weighted by Crippen LogP contribution is 2.28. The predicted molar refractivity (Wildman–Crippen MR) is 105 cm³/mol. The zero-order valence-electron chi connectivity index (χ0n) is 16.4. The molecule has 5 nitrogen and oxygen atoms in total. The van der Waals surface area contributed by atoms with Gasteiger partial charge >= 0.3 is 0 Å². The number of aryl methyl sites for hydroxylation is 1. The molecule has 0 aliphatic heterocycles. The lowest BCUT2D eigenvalue weighted by molar-refractivity contribution is -0.905. The van der Waals surface area contributed by atoms with Crippen LogP contribution in [0.25, 0.3) is 0 Å². The number of amides is 1. The van der Waals surface area contributed by atoms with E-state index in [0.29, 0.717) is 30.6 Å². The summed E-state index contributed by atoms with van der Waals surface area (Å²) < 4.78 is 10.6. The molecule has 0 heterocycles. The van der Waals surface area contributed by atoms with E-state index in [1.54, 1.807) is 14.2 Å². The van der Waals surface area contributed by atoms with Crippen molar-refractivity contribution in [2.24, 2.45) is 0 Å². The van der Waals surface area contributed by atoms with Crippen LogP contribution in [-0.2, 0) is 17.8 Å². The minimum Gasteiger partial charge on any atom is -0.493 e. The number of hydrogen-bond donors (Lipinski definition) is 2. The third-order valence-electron chi connectivity index (χ3n) is 5.34. The Kier molecular flexibility index (Phi) is 6.35. The number of hydrogen-bond acceptors (Lipinski definition) is 3. The lowest BCUT2D eigenvalue weighted by Gasteiger charge is -2.30. The molecule has 5 heteroatoms. The molecule has 2 N–H and O–H groups in total. The molecule has 1 aliphatic carbocycles. The van der Waals surface area contributed by atoms with E-state index >= 15 is 0 Å². The van der Waals surface area contributed by atoms with Crippen LogP contribution in [0, 0.1) is 0 Å². The summed E-state index contributed by atoms with van der Waals surface area (Å²) in [6.07, 6.45) is 3.46. The lowest BCUT2D eigenvalue weighted by Crippen LogP contribution is -3.10. The molecule has 0 saturated carbocycles. The number of carbonyl (C=O) groups excluding carboxylic acids is 1. The fourth-order valence-electron chi connectivity index (χ4n) is 3.90. The summed E-state index contributed by atoms with van der Waals surface area (Å²) in [5.74, 6) is 1.42. The highest BCUT2D eigenvalue weighted by atomic mass is 16.5. The lowest BCUT2D eigenvalue weighted by atomic mass is 9.87. The first kappa shape index (κ1) is 19.2. The summed E-state index contributed by atoms with van der Waals surface area (Å²) in [7, 11) is 5.34. The van der Waals surface area contributed by atoms with Crippen molar-refractivity contribution in [3.8, 4) is 11.5 Å². The summed E-state index contributed by atoms with van der Waals surface area (Å²) in [6.45, 7) is 0.944. The van der Waals surface area contributed by atoms with Crippen LogP contribution in [0.4, 0.5) is 0 Å². The maximum Gasteiger partial charge on any atom is 0.275 e. The molecule has 0 fully saturated rings. The number of ether oxygens (including phenoxy) is 2. The molecule has 2 aromatic rings. The van der Waals surface area contributed by atoms with Gasteiger partial charge < -0.3 is 19.7 Å². The van der Waals surface area contributed by atoms with Gasteiger partial charge in [-0.2, -0.15) is 0 Å². The summed E-state index contributed by atoms with van der Waals surface area (Å²) in [5.41, 5.74) is 3.81. The van der Waals surface area contributed by atoms with Gasteiger partial charge in [0.1, 0.15) is 6.04 Å². The van der Waals surface area contributed by atoms with E-state index in [-0.39, 0.29) is 5.91 Å². The summed E-state index contributed by atoms with van der Waals surface area (Å²) in [6, 6.07) is 14.7. The van der Waals surface area contributed by atoms with Gasteiger partial charge in [0, 0.05) is 18.5 Å². The highest BCUT2D eigenvalue weighted by Gasteiger charge is 2.27. The van der Waals surface area contributed by atoms with E-state index in [0.717, 1.165) is 18.4 Å². The largest absolute Gasteiger partial charge is 0.493 e. The van der Waals surface area contributed by atoms with Crippen LogP contribution in [0.2, 0.25) is 0 Å². The standard InChI is InChI=1S/C22H28N2O3/c1-24(19-10-6-8-17-7-4-5-9-18(17)19)15-22(25)23-14-16-11-12-20(26-2)21(13-16)27-3/h4-5,7,9,11-13,19H,6,8,10,14-15H2,1-3H3,(H,23,25)/p+1/t19-/m0/s1. The maximum absolute atomic E-state index is 12.5. The van der Waals surface area contributed by atoms with E-state index in [1.165, 1.54) is 22.4 Å². The van der Waals surface area contributed by atoms with Gasteiger partial charge in [0.2, 0.25) is 0 Å². The Hall–Kier alpha value is -2.53. The third-order valence-corrected chi connectivity index (χ3v) is 5.34. The number of benzene rings is 2. The smallest absolute Gasteiger partial charge is 0.275 e. The molecule has 0 bridgehead atoms. The Morgan fingerprint density at radius 2 is 1.93 bits per heavy atom. The second-order valence-electron chi connectivity index (χ2n) is 7.13. The van der Waals surface area contributed by atoms with E-state index < -0.39 is 0 Å². The van der Waals surface area contributed by atoms with Gasteiger partial charge in [-0.3, -0.25) is 4.79 Å². The van der Waals surface area contributed by atoms with Crippen LogP contribution in [0.5, 0.6) is 11.5 Å². The molecule has 1 amide bonds. The van der Waals surface area contributed by atoms with Crippen molar-refractivity contribution in [2.75, 3.05) is 27.8 Å². The van der Waals surface area contributed by atoms with Crippen LogP contribution >= 0.6 is 0 Å². The average Bonchev–Trinajstić information content (AvgIpc) is 2.71. The first-order valence-corrected chi connectivity index (χ1v) is 9.50. The normalized spacial score (nSPS) is 16.9. The van der Waals surface area contributed by atoms with Crippen LogP contribution in [0.3, 0.4) is 0 Å². The van der Waals surface area contributed by atoms with E-state index in [1.807, 2.05) is 18.2 Å². The van der Waals surface area contributed by atoms with Crippen LogP contribution < -0.4 is 19.7 Å².